The summed E-state index contributed by atoms with van der Waals surface area (Å²) in [6.45, 7) is 4.97. The number of nitro groups is 1. The molecule has 1 aliphatic rings. The Hall–Kier alpha value is -2.29. The van der Waals surface area contributed by atoms with E-state index < -0.39 is 20.6 Å². The zero-order valence-electron chi connectivity index (χ0n) is 14.0. The van der Waals surface area contributed by atoms with Crippen LogP contribution in [0.2, 0.25) is 0 Å². The van der Waals surface area contributed by atoms with Gasteiger partial charge in [-0.1, -0.05) is 24.3 Å². The van der Waals surface area contributed by atoms with Crippen LogP contribution >= 0.6 is 0 Å². The monoisotopic (exact) mass is 361 g/mol. The molecular formula is C17H19N3O4S. The van der Waals surface area contributed by atoms with E-state index in [1.807, 2.05) is 18.2 Å². The van der Waals surface area contributed by atoms with E-state index in [0.29, 0.717) is 11.1 Å². The first kappa shape index (κ1) is 17.5. The third-order valence-corrected chi connectivity index (χ3v) is 6.07. The van der Waals surface area contributed by atoms with Gasteiger partial charge >= 0.3 is 0 Å². The Morgan fingerprint density at radius 3 is 2.60 bits per heavy atom. The minimum atomic E-state index is -4.01. The van der Waals surface area contributed by atoms with Gasteiger partial charge in [-0.25, -0.2) is 13.1 Å². The van der Waals surface area contributed by atoms with Crippen LogP contribution in [0.1, 0.15) is 27.8 Å². The molecular weight excluding hydrogens is 342 g/mol. The molecule has 0 radical (unpaired) electrons. The third kappa shape index (κ3) is 3.41. The average Bonchev–Trinajstić information content (AvgIpc) is 3.02. The van der Waals surface area contributed by atoms with Crippen LogP contribution in [0.4, 0.5) is 5.69 Å². The van der Waals surface area contributed by atoms with Crippen molar-refractivity contribution >= 4 is 15.7 Å². The molecule has 3 rings (SSSR count). The van der Waals surface area contributed by atoms with Crippen molar-refractivity contribution in [3.63, 3.8) is 0 Å². The highest BCUT2D eigenvalue weighted by molar-refractivity contribution is 7.89. The minimum Gasteiger partial charge on any atom is -0.309 e. The molecule has 2 N–H and O–H groups in total. The Balaban J connectivity index is 1.90. The number of hydrogen-bond acceptors (Lipinski definition) is 5. The smallest absolute Gasteiger partial charge is 0.289 e. The SMILES string of the molecule is Cc1ccc([N+](=O)[O-])c(S(=O)(=O)NCc2ccc3c(c2)CNC3)c1C. The lowest BCUT2D eigenvalue weighted by atomic mass is 10.1. The van der Waals surface area contributed by atoms with Crippen molar-refractivity contribution in [3.05, 3.63) is 68.3 Å². The van der Waals surface area contributed by atoms with Crippen LogP contribution in [-0.4, -0.2) is 13.3 Å². The maximum Gasteiger partial charge on any atom is 0.289 e. The maximum absolute atomic E-state index is 12.7. The highest BCUT2D eigenvalue weighted by Crippen LogP contribution is 2.29. The molecule has 25 heavy (non-hydrogen) atoms. The summed E-state index contributed by atoms with van der Waals surface area (Å²) in [5, 5.41) is 14.5. The van der Waals surface area contributed by atoms with E-state index in [1.54, 1.807) is 19.9 Å². The molecule has 7 nitrogen and oxygen atoms in total. The summed E-state index contributed by atoms with van der Waals surface area (Å²) >= 11 is 0. The largest absolute Gasteiger partial charge is 0.309 e. The zero-order valence-corrected chi connectivity index (χ0v) is 14.8. The van der Waals surface area contributed by atoms with E-state index in [2.05, 4.69) is 10.0 Å². The number of nitrogens with one attached hydrogen (secondary N) is 2. The highest BCUT2D eigenvalue weighted by Gasteiger charge is 2.28. The van der Waals surface area contributed by atoms with Gasteiger partial charge in [-0.3, -0.25) is 10.1 Å². The number of nitro benzene ring substituents is 1. The topological polar surface area (TPSA) is 101 Å². The molecule has 0 unspecified atom stereocenters. The lowest BCUT2D eigenvalue weighted by Crippen LogP contribution is -2.25. The second kappa shape index (κ2) is 6.55. The normalized spacial score (nSPS) is 13.7. The number of sulfonamides is 1. The van der Waals surface area contributed by atoms with E-state index in [1.165, 1.54) is 11.6 Å². The Bertz CT molecular complexity index is 955. The number of rotatable bonds is 5. The molecule has 0 amide bonds. The van der Waals surface area contributed by atoms with Gasteiger partial charge in [0.25, 0.3) is 5.69 Å². The van der Waals surface area contributed by atoms with Crippen LogP contribution in [0.3, 0.4) is 0 Å². The molecule has 8 heteroatoms. The molecule has 1 aliphatic heterocycles. The third-order valence-electron chi connectivity index (χ3n) is 4.49. The van der Waals surface area contributed by atoms with Gasteiger partial charge in [0.2, 0.25) is 10.0 Å². The molecule has 0 bridgehead atoms. The predicted octanol–water partition coefficient (Wildman–Crippen LogP) is 2.29. The minimum absolute atomic E-state index is 0.0835. The molecule has 0 aromatic heterocycles. The van der Waals surface area contributed by atoms with E-state index in [-0.39, 0.29) is 11.4 Å². The maximum atomic E-state index is 12.7. The summed E-state index contributed by atoms with van der Waals surface area (Å²) in [4.78, 5) is 10.3. The molecule has 0 atom stereocenters. The summed E-state index contributed by atoms with van der Waals surface area (Å²) in [7, 11) is -4.01. The van der Waals surface area contributed by atoms with E-state index in [9.17, 15) is 18.5 Å². The Morgan fingerprint density at radius 2 is 1.88 bits per heavy atom. The predicted molar refractivity (Wildman–Crippen MR) is 93.6 cm³/mol. The van der Waals surface area contributed by atoms with Gasteiger partial charge in [0, 0.05) is 25.7 Å². The van der Waals surface area contributed by atoms with Crippen molar-refractivity contribution < 1.29 is 13.3 Å². The molecule has 0 fully saturated rings. The van der Waals surface area contributed by atoms with Crippen molar-refractivity contribution in [2.75, 3.05) is 0 Å². The molecule has 0 saturated carbocycles. The molecule has 132 valence electrons. The average molecular weight is 361 g/mol. The zero-order chi connectivity index (χ0) is 18.2. The van der Waals surface area contributed by atoms with Gasteiger partial charge in [-0.15, -0.1) is 0 Å². The first-order valence-corrected chi connectivity index (χ1v) is 9.33. The fourth-order valence-corrected chi connectivity index (χ4v) is 4.45. The number of hydrogen-bond donors (Lipinski definition) is 2. The van der Waals surface area contributed by atoms with E-state index in [0.717, 1.165) is 24.2 Å². The second-order valence-corrected chi connectivity index (χ2v) is 7.85. The summed E-state index contributed by atoms with van der Waals surface area (Å²) in [5.41, 5.74) is 3.84. The Morgan fingerprint density at radius 1 is 1.16 bits per heavy atom. The van der Waals surface area contributed by atoms with Crippen LogP contribution in [0.25, 0.3) is 0 Å². The highest BCUT2D eigenvalue weighted by atomic mass is 32.2. The fraction of sp³-hybridized carbons (Fsp3) is 0.294. The van der Waals surface area contributed by atoms with Crippen LogP contribution in [-0.2, 0) is 29.7 Å². The summed E-state index contributed by atoms with van der Waals surface area (Å²) in [6, 6.07) is 8.58. The van der Waals surface area contributed by atoms with Crippen LogP contribution < -0.4 is 10.0 Å². The van der Waals surface area contributed by atoms with Crippen LogP contribution in [0.15, 0.2) is 35.2 Å². The van der Waals surface area contributed by atoms with Gasteiger partial charge in [-0.2, -0.15) is 0 Å². The van der Waals surface area contributed by atoms with Gasteiger partial charge in [-0.05, 0) is 41.7 Å². The number of fused-ring (bicyclic) bond motifs is 1. The van der Waals surface area contributed by atoms with Crippen molar-refractivity contribution in [1.29, 1.82) is 0 Å². The van der Waals surface area contributed by atoms with Crippen molar-refractivity contribution in [1.82, 2.24) is 10.0 Å². The van der Waals surface area contributed by atoms with E-state index >= 15 is 0 Å². The molecule has 2 aromatic rings. The summed E-state index contributed by atoms with van der Waals surface area (Å²) < 4.78 is 27.9. The van der Waals surface area contributed by atoms with Gasteiger partial charge < -0.3 is 5.32 Å². The first-order valence-electron chi connectivity index (χ1n) is 7.85. The standard InChI is InChI=1S/C17H19N3O4S/c1-11-3-6-16(20(21)22)17(12(11)2)25(23,24)19-8-13-4-5-14-9-18-10-15(14)7-13/h3-7,18-19H,8-10H2,1-2H3. The summed E-state index contributed by atoms with van der Waals surface area (Å²) in [6.07, 6.45) is 0. The van der Waals surface area contributed by atoms with Crippen molar-refractivity contribution in [2.45, 2.75) is 38.4 Å². The summed E-state index contributed by atoms with van der Waals surface area (Å²) in [5.74, 6) is 0. The van der Waals surface area contributed by atoms with Crippen LogP contribution in [0.5, 0.6) is 0 Å². The van der Waals surface area contributed by atoms with Crippen LogP contribution in [0, 0.1) is 24.0 Å². The first-order chi connectivity index (χ1) is 11.8. The van der Waals surface area contributed by atoms with Gasteiger partial charge in [0.05, 0.1) is 4.92 Å². The second-order valence-electron chi connectivity index (χ2n) is 6.14. The quantitative estimate of drug-likeness (QED) is 0.628. The molecule has 0 aliphatic carbocycles. The lowest BCUT2D eigenvalue weighted by Gasteiger charge is -2.12. The lowest BCUT2D eigenvalue weighted by molar-refractivity contribution is -0.387. The molecule has 0 spiro atoms. The van der Waals surface area contributed by atoms with Gasteiger partial charge in [0.15, 0.2) is 4.90 Å². The Labute approximate surface area is 146 Å². The van der Waals surface area contributed by atoms with Crippen molar-refractivity contribution in [3.8, 4) is 0 Å². The molecule has 0 saturated heterocycles. The number of benzene rings is 2. The Kier molecular flexibility index (Phi) is 4.59. The van der Waals surface area contributed by atoms with E-state index in [4.69, 9.17) is 0 Å². The number of nitrogens with zero attached hydrogens (tertiary/aromatic N) is 1. The number of aryl methyl sites for hydroxylation is 1. The fourth-order valence-electron chi connectivity index (χ4n) is 2.97. The van der Waals surface area contributed by atoms with Gasteiger partial charge in [0.1, 0.15) is 0 Å². The van der Waals surface area contributed by atoms with Crippen molar-refractivity contribution in [2.24, 2.45) is 0 Å². The molecule has 1 heterocycles. The molecule has 2 aromatic carbocycles.